The molecule has 0 atom stereocenters. The lowest BCUT2D eigenvalue weighted by Gasteiger charge is -2.09. The SMILES string of the molecule is COCc1cccc(CNC(=O)c2ccc(Br)cc2N)c1. The van der Waals surface area contributed by atoms with E-state index in [1.165, 1.54) is 0 Å². The van der Waals surface area contributed by atoms with Gasteiger partial charge in [-0.2, -0.15) is 0 Å². The van der Waals surface area contributed by atoms with E-state index in [0.717, 1.165) is 15.6 Å². The lowest BCUT2D eigenvalue weighted by molar-refractivity contribution is 0.0952. The largest absolute Gasteiger partial charge is 0.398 e. The zero-order chi connectivity index (χ0) is 15.2. The third kappa shape index (κ3) is 4.31. The molecular weight excluding hydrogens is 332 g/mol. The number of halogens is 1. The fraction of sp³-hybridized carbons (Fsp3) is 0.188. The first-order valence-electron chi connectivity index (χ1n) is 6.50. The van der Waals surface area contributed by atoms with Crippen molar-refractivity contribution in [3.63, 3.8) is 0 Å². The average molecular weight is 349 g/mol. The summed E-state index contributed by atoms with van der Waals surface area (Å²) in [7, 11) is 1.66. The topological polar surface area (TPSA) is 64.3 Å². The fourth-order valence-corrected chi connectivity index (χ4v) is 2.39. The van der Waals surface area contributed by atoms with Gasteiger partial charge in [-0.25, -0.2) is 0 Å². The number of hydrogen-bond acceptors (Lipinski definition) is 3. The van der Waals surface area contributed by atoms with Gasteiger partial charge in [-0.15, -0.1) is 0 Å². The molecule has 0 unspecified atom stereocenters. The number of nitrogens with one attached hydrogen (secondary N) is 1. The Hall–Kier alpha value is -1.85. The minimum absolute atomic E-state index is 0.183. The van der Waals surface area contributed by atoms with E-state index in [0.29, 0.717) is 24.4 Å². The highest BCUT2D eigenvalue weighted by Crippen LogP contribution is 2.18. The van der Waals surface area contributed by atoms with E-state index in [9.17, 15) is 4.79 Å². The fourth-order valence-electron chi connectivity index (χ4n) is 2.01. The molecule has 110 valence electrons. The number of hydrogen-bond donors (Lipinski definition) is 2. The number of anilines is 1. The van der Waals surface area contributed by atoms with Crippen molar-refractivity contribution in [3.05, 3.63) is 63.6 Å². The number of carbonyl (C=O) groups excluding carboxylic acids is 1. The third-order valence-corrected chi connectivity index (χ3v) is 3.51. The molecule has 0 radical (unpaired) electrons. The molecule has 3 N–H and O–H groups in total. The Morgan fingerprint density at radius 2 is 2.00 bits per heavy atom. The molecule has 1 amide bonds. The molecule has 2 aromatic carbocycles. The van der Waals surface area contributed by atoms with Gasteiger partial charge in [0.2, 0.25) is 0 Å². The molecule has 0 bridgehead atoms. The Labute approximate surface area is 132 Å². The maximum atomic E-state index is 12.1. The van der Waals surface area contributed by atoms with Crippen LogP contribution in [0.2, 0.25) is 0 Å². The smallest absolute Gasteiger partial charge is 0.253 e. The number of nitrogen functional groups attached to an aromatic ring is 1. The molecule has 2 rings (SSSR count). The molecule has 0 aliphatic carbocycles. The van der Waals surface area contributed by atoms with Gasteiger partial charge in [0.05, 0.1) is 12.2 Å². The van der Waals surface area contributed by atoms with Crippen LogP contribution in [-0.2, 0) is 17.9 Å². The van der Waals surface area contributed by atoms with Gasteiger partial charge in [0.25, 0.3) is 5.91 Å². The van der Waals surface area contributed by atoms with Gasteiger partial charge in [0.15, 0.2) is 0 Å². The summed E-state index contributed by atoms with van der Waals surface area (Å²) in [6, 6.07) is 13.1. The van der Waals surface area contributed by atoms with E-state index in [1.807, 2.05) is 24.3 Å². The average Bonchev–Trinajstić information content (AvgIpc) is 2.45. The van der Waals surface area contributed by atoms with Crippen LogP contribution >= 0.6 is 15.9 Å². The summed E-state index contributed by atoms with van der Waals surface area (Å²) < 4.78 is 5.95. The molecule has 0 saturated heterocycles. The van der Waals surface area contributed by atoms with E-state index < -0.39 is 0 Å². The lowest BCUT2D eigenvalue weighted by atomic mass is 10.1. The van der Waals surface area contributed by atoms with Crippen LogP contribution in [0.15, 0.2) is 46.9 Å². The molecule has 2 aromatic rings. The van der Waals surface area contributed by atoms with E-state index in [2.05, 4.69) is 21.2 Å². The van der Waals surface area contributed by atoms with Gasteiger partial charge >= 0.3 is 0 Å². The van der Waals surface area contributed by atoms with E-state index in [1.54, 1.807) is 25.3 Å². The molecule has 0 spiro atoms. The van der Waals surface area contributed by atoms with Gasteiger partial charge in [-0.3, -0.25) is 4.79 Å². The number of carbonyl (C=O) groups is 1. The number of benzene rings is 2. The van der Waals surface area contributed by atoms with E-state index in [4.69, 9.17) is 10.5 Å². The first-order valence-corrected chi connectivity index (χ1v) is 7.29. The molecule has 21 heavy (non-hydrogen) atoms. The molecule has 0 fully saturated rings. The summed E-state index contributed by atoms with van der Waals surface area (Å²) in [6.45, 7) is 1.01. The monoisotopic (exact) mass is 348 g/mol. The standard InChI is InChI=1S/C16H17BrN2O2/c1-21-10-12-4-2-3-11(7-12)9-19-16(20)14-6-5-13(17)8-15(14)18/h2-8H,9-10,18H2,1H3,(H,19,20). The molecule has 5 heteroatoms. The van der Waals surface area contributed by atoms with Crippen LogP contribution in [0.1, 0.15) is 21.5 Å². The van der Waals surface area contributed by atoms with Gasteiger partial charge in [-0.1, -0.05) is 40.2 Å². The Morgan fingerprint density at radius 1 is 1.24 bits per heavy atom. The lowest BCUT2D eigenvalue weighted by Crippen LogP contribution is -2.23. The highest BCUT2D eigenvalue weighted by atomic mass is 79.9. The summed E-state index contributed by atoms with van der Waals surface area (Å²) >= 11 is 3.32. The second-order valence-corrected chi connectivity index (χ2v) is 5.58. The molecule has 4 nitrogen and oxygen atoms in total. The van der Waals surface area contributed by atoms with Crippen molar-refractivity contribution in [2.75, 3.05) is 12.8 Å². The zero-order valence-corrected chi connectivity index (χ0v) is 13.3. The number of rotatable bonds is 5. The summed E-state index contributed by atoms with van der Waals surface area (Å²) in [5.74, 6) is -0.183. The van der Waals surface area contributed by atoms with Crippen molar-refractivity contribution in [2.24, 2.45) is 0 Å². The molecule has 0 aromatic heterocycles. The minimum Gasteiger partial charge on any atom is -0.398 e. The molecular formula is C16H17BrN2O2. The van der Waals surface area contributed by atoms with Crippen molar-refractivity contribution in [3.8, 4) is 0 Å². The van der Waals surface area contributed by atoms with Gasteiger partial charge in [-0.05, 0) is 29.3 Å². The second kappa shape index (κ2) is 7.24. The third-order valence-electron chi connectivity index (χ3n) is 3.01. The molecule has 0 aliphatic heterocycles. The van der Waals surface area contributed by atoms with Gasteiger partial charge in [0.1, 0.15) is 0 Å². The van der Waals surface area contributed by atoms with Crippen LogP contribution in [0.3, 0.4) is 0 Å². The number of amides is 1. The summed E-state index contributed by atoms with van der Waals surface area (Å²) in [5, 5.41) is 2.87. The van der Waals surface area contributed by atoms with Gasteiger partial charge < -0.3 is 15.8 Å². The minimum atomic E-state index is -0.183. The van der Waals surface area contributed by atoms with Crippen LogP contribution in [-0.4, -0.2) is 13.0 Å². The summed E-state index contributed by atoms with van der Waals surface area (Å²) in [6.07, 6.45) is 0. The summed E-state index contributed by atoms with van der Waals surface area (Å²) in [4.78, 5) is 12.1. The van der Waals surface area contributed by atoms with Crippen molar-refractivity contribution >= 4 is 27.5 Å². The predicted octanol–water partition coefficient (Wildman–Crippen LogP) is 3.11. The van der Waals surface area contributed by atoms with Crippen LogP contribution < -0.4 is 11.1 Å². The molecule has 0 aliphatic rings. The van der Waals surface area contributed by atoms with Crippen LogP contribution in [0.4, 0.5) is 5.69 Å². The van der Waals surface area contributed by atoms with Crippen LogP contribution in [0.25, 0.3) is 0 Å². The zero-order valence-electron chi connectivity index (χ0n) is 11.7. The number of methoxy groups -OCH3 is 1. The van der Waals surface area contributed by atoms with E-state index in [-0.39, 0.29) is 5.91 Å². The highest BCUT2D eigenvalue weighted by Gasteiger charge is 2.09. The van der Waals surface area contributed by atoms with E-state index >= 15 is 0 Å². The maximum Gasteiger partial charge on any atom is 0.253 e. The first kappa shape index (κ1) is 15.5. The normalized spacial score (nSPS) is 10.4. The Bertz CT molecular complexity index is 644. The quantitative estimate of drug-likeness (QED) is 0.816. The highest BCUT2D eigenvalue weighted by molar-refractivity contribution is 9.10. The Kier molecular flexibility index (Phi) is 5.36. The first-order chi connectivity index (χ1) is 10.1. The number of ether oxygens (including phenoxy) is 1. The molecule has 0 saturated carbocycles. The van der Waals surface area contributed by atoms with Crippen molar-refractivity contribution in [1.29, 1.82) is 0 Å². The Balaban J connectivity index is 2.02. The van der Waals surface area contributed by atoms with Crippen molar-refractivity contribution in [2.45, 2.75) is 13.2 Å². The Morgan fingerprint density at radius 3 is 2.71 bits per heavy atom. The number of nitrogens with two attached hydrogens (primary N) is 1. The summed E-state index contributed by atoms with van der Waals surface area (Å²) in [5.41, 5.74) is 8.88. The van der Waals surface area contributed by atoms with Crippen LogP contribution in [0.5, 0.6) is 0 Å². The van der Waals surface area contributed by atoms with Crippen molar-refractivity contribution < 1.29 is 9.53 Å². The van der Waals surface area contributed by atoms with Crippen molar-refractivity contribution in [1.82, 2.24) is 5.32 Å². The maximum absolute atomic E-state index is 12.1. The molecule has 0 heterocycles. The van der Waals surface area contributed by atoms with Gasteiger partial charge in [0, 0.05) is 23.8 Å². The van der Waals surface area contributed by atoms with Crippen LogP contribution in [0, 0.1) is 0 Å². The predicted molar refractivity (Wildman–Crippen MR) is 86.9 cm³/mol. The second-order valence-electron chi connectivity index (χ2n) is 4.67.